The van der Waals surface area contributed by atoms with Gasteiger partial charge in [-0.2, -0.15) is 0 Å². The van der Waals surface area contributed by atoms with Crippen molar-refractivity contribution in [3.63, 3.8) is 0 Å². The SMILES string of the molecule is C[C@@H]1S[C@H](c2ccc(Br)cc2)N(c2ccccc2)C1=O. The van der Waals surface area contributed by atoms with Gasteiger partial charge in [0.05, 0.1) is 5.25 Å². The number of carbonyl (C=O) groups is 1. The summed E-state index contributed by atoms with van der Waals surface area (Å²) in [6, 6.07) is 18.1. The maximum Gasteiger partial charge on any atom is 0.241 e. The van der Waals surface area contributed by atoms with Crippen molar-refractivity contribution >= 4 is 39.3 Å². The number of carbonyl (C=O) groups excluding carboxylic acids is 1. The van der Waals surface area contributed by atoms with Crippen LogP contribution in [-0.4, -0.2) is 11.2 Å². The Bertz CT molecular complexity index is 614. The summed E-state index contributed by atoms with van der Waals surface area (Å²) in [5, 5.41) is 0.0388. The lowest BCUT2D eigenvalue weighted by molar-refractivity contribution is -0.117. The van der Waals surface area contributed by atoms with Crippen LogP contribution >= 0.6 is 27.7 Å². The average molecular weight is 348 g/mol. The van der Waals surface area contributed by atoms with Crippen molar-refractivity contribution in [2.45, 2.75) is 17.5 Å². The highest BCUT2D eigenvalue weighted by molar-refractivity contribution is 9.10. The summed E-state index contributed by atoms with van der Waals surface area (Å²) in [7, 11) is 0. The molecular weight excluding hydrogens is 334 g/mol. The summed E-state index contributed by atoms with van der Waals surface area (Å²) in [5.41, 5.74) is 2.11. The first-order chi connectivity index (χ1) is 9.66. The number of amides is 1. The van der Waals surface area contributed by atoms with Crippen LogP contribution in [0.1, 0.15) is 17.9 Å². The maximum absolute atomic E-state index is 12.5. The van der Waals surface area contributed by atoms with Crippen molar-refractivity contribution < 1.29 is 4.79 Å². The molecule has 0 unspecified atom stereocenters. The second-order valence-corrected chi connectivity index (χ2v) is 7.07. The Labute approximate surface area is 131 Å². The zero-order valence-corrected chi connectivity index (χ0v) is 13.4. The molecule has 20 heavy (non-hydrogen) atoms. The van der Waals surface area contributed by atoms with Gasteiger partial charge in [-0.1, -0.05) is 46.3 Å². The standard InChI is InChI=1S/C16H14BrNOS/c1-11-15(19)18(14-5-3-2-4-6-14)16(20-11)12-7-9-13(17)10-8-12/h2-11,16H,1H3/t11-,16+/m0/s1. The van der Waals surface area contributed by atoms with E-state index in [4.69, 9.17) is 0 Å². The van der Waals surface area contributed by atoms with Gasteiger partial charge in [-0.25, -0.2) is 0 Å². The van der Waals surface area contributed by atoms with Crippen LogP contribution < -0.4 is 4.90 Å². The van der Waals surface area contributed by atoms with Crippen LogP contribution in [0.3, 0.4) is 0 Å². The van der Waals surface area contributed by atoms with Gasteiger partial charge in [-0.3, -0.25) is 9.69 Å². The van der Waals surface area contributed by atoms with Gasteiger partial charge in [0.1, 0.15) is 5.37 Å². The Hall–Kier alpha value is -1.26. The Balaban J connectivity index is 2.00. The molecule has 1 aliphatic heterocycles. The lowest BCUT2D eigenvalue weighted by atomic mass is 10.2. The van der Waals surface area contributed by atoms with Gasteiger partial charge in [0.15, 0.2) is 0 Å². The van der Waals surface area contributed by atoms with Crippen LogP contribution in [0.4, 0.5) is 5.69 Å². The molecule has 1 heterocycles. The van der Waals surface area contributed by atoms with Crippen LogP contribution in [0.2, 0.25) is 0 Å². The Kier molecular flexibility index (Phi) is 3.85. The summed E-state index contributed by atoms with van der Waals surface area (Å²) < 4.78 is 1.05. The molecular formula is C16H14BrNOS. The molecule has 1 amide bonds. The number of rotatable bonds is 2. The van der Waals surface area contributed by atoms with E-state index in [2.05, 4.69) is 28.1 Å². The number of halogens is 1. The molecule has 2 atom stereocenters. The first-order valence-electron chi connectivity index (χ1n) is 6.46. The predicted molar refractivity (Wildman–Crippen MR) is 87.9 cm³/mol. The molecule has 0 radical (unpaired) electrons. The monoisotopic (exact) mass is 347 g/mol. The predicted octanol–water partition coefficient (Wildman–Crippen LogP) is 4.62. The molecule has 4 heteroatoms. The lowest BCUT2D eigenvalue weighted by Gasteiger charge is -2.24. The number of hydrogen-bond acceptors (Lipinski definition) is 2. The van der Waals surface area contributed by atoms with Crippen molar-refractivity contribution in [2.75, 3.05) is 4.90 Å². The van der Waals surface area contributed by atoms with Gasteiger partial charge in [-0.05, 0) is 36.8 Å². The molecule has 1 fully saturated rings. The van der Waals surface area contributed by atoms with Crippen molar-refractivity contribution in [1.29, 1.82) is 0 Å². The Morgan fingerprint density at radius 3 is 2.35 bits per heavy atom. The van der Waals surface area contributed by atoms with Crippen LogP contribution in [0.15, 0.2) is 59.1 Å². The molecule has 0 aromatic heterocycles. The second-order valence-electron chi connectivity index (χ2n) is 4.73. The number of hydrogen-bond donors (Lipinski definition) is 0. The molecule has 1 aliphatic rings. The van der Waals surface area contributed by atoms with Gasteiger partial charge < -0.3 is 0 Å². The first-order valence-corrected chi connectivity index (χ1v) is 8.19. The molecule has 3 rings (SSSR count). The summed E-state index contributed by atoms with van der Waals surface area (Å²) >= 11 is 5.15. The molecule has 2 aromatic carbocycles. The highest BCUT2D eigenvalue weighted by atomic mass is 79.9. The molecule has 0 spiro atoms. The molecule has 102 valence electrons. The van der Waals surface area contributed by atoms with Crippen molar-refractivity contribution in [1.82, 2.24) is 0 Å². The van der Waals surface area contributed by atoms with Gasteiger partial charge >= 0.3 is 0 Å². The topological polar surface area (TPSA) is 20.3 Å². The Morgan fingerprint density at radius 2 is 1.70 bits per heavy atom. The van der Waals surface area contributed by atoms with Crippen molar-refractivity contribution in [3.8, 4) is 0 Å². The van der Waals surface area contributed by atoms with E-state index < -0.39 is 0 Å². The summed E-state index contributed by atoms with van der Waals surface area (Å²) in [6.07, 6.45) is 0. The lowest BCUT2D eigenvalue weighted by Crippen LogP contribution is -2.29. The third kappa shape index (κ3) is 2.50. The molecule has 2 nitrogen and oxygen atoms in total. The zero-order chi connectivity index (χ0) is 14.1. The van der Waals surface area contributed by atoms with Crippen LogP contribution in [-0.2, 0) is 4.79 Å². The maximum atomic E-state index is 12.5. The quantitative estimate of drug-likeness (QED) is 0.790. The second kappa shape index (κ2) is 5.62. The molecule has 0 N–H and O–H groups in total. The van der Waals surface area contributed by atoms with E-state index in [0.29, 0.717) is 0 Å². The summed E-state index contributed by atoms with van der Waals surface area (Å²) in [5.74, 6) is 0.175. The van der Waals surface area contributed by atoms with E-state index >= 15 is 0 Å². The number of benzene rings is 2. The van der Waals surface area contributed by atoms with Gasteiger partial charge in [0.25, 0.3) is 0 Å². The van der Waals surface area contributed by atoms with Crippen molar-refractivity contribution in [3.05, 3.63) is 64.6 Å². The largest absolute Gasteiger partial charge is 0.295 e. The minimum atomic E-state index is -0.0103. The van der Waals surface area contributed by atoms with Gasteiger partial charge in [0.2, 0.25) is 5.91 Å². The molecule has 0 saturated carbocycles. The highest BCUT2D eigenvalue weighted by Crippen LogP contribution is 2.45. The van der Waals surface area contributed by atoms with Crippen LogP contribution in [0, 0.1) is 0 Å². The van der Waals surface area contributed by atoms with Crippen LogP contribution in [0.25, 0.3) is 0 Å². The van der Waals surface area contributed by atoms with E-state index in [0.717, 1.165) is 15.7 Å². The van der Waals surface area contributed by atoms with E-state index in [-0.39, 0.29) is 16.5 Å². The van der Waals surface area contributed by atoms with Gasteiger partial charge in [-0.15, -0.1) is 11.8 Å². The van der Waals surface area contributed by atoms with E-state index in [1.807, 2.05) is 54.3 Å². The molecule has 0 aliphatic carbocycles. The fourth-order valence-corrected chi connectivity index (χ4v) is 3.87. The fourth-order valence-electron chi connectivity index (χ4n) is 2.33. The molecule has 0 bridgehead atoms. The van der Waals surface area contributed by atoms with Crippen LogP contribution in [0.5, 0.6) is 0 Å². The smallest absolute Gasteiger partial charge is 0.241 e. The summed E-state index contributed by atoms with van der Waals surface area (Å²) in [6.45, 7) is 1.97. The number of para-hydroxylation sites is 1. The van der Waals surface area contributed by atoms with Gasteiger partial charge in [0, 0.05) is 10.2 Å². The number of thioether (sulfide) groups is 1. The first kappa shape index (κ1) is 13.7. The van der Waals surface area contributed by atoms with E-state index in [1.54, 1.807) is 11.8 Å². The number of nitrogens with zero attached hydrogens (tertiary/aromatic N) is 1. The molecule has 1 saturated heterocycles. The summed E-state index contributed by atoms with van der Waals surface area (Å²) in [4.78, 5) is 14.4. The average Bonchev–Trinajstić information content (AvgIpc) is 2.77. The molecule has 2 aromatic rings. The zero-order valence-electron chi connectivity index (χ0n) is 11.0. The third-order valence-corrected chi connectivity index (χ3v) is 5.22. The fraction of sp³-hybridized carbons (Fsp3) is 0.188. The minimum absolute atomic E-state index is 0.0103. The third-order valence-electron chi connectivity index (χ3n) is 3.34. The number of anilines is 1. The Morgan fingerprint density at radius 1 is 1.05 bits per heavy atom. The van der Waals surface area contributed by atoms with E-state index in [1.165, 1.54) is 0 Å². The highest BCUT2D eigenvalue weighted by Gasteiger charge is 2.39. The normalized spacial score (nSPS) is 22.3. The minimum Gasteiger partial charge on any atom is -0.295 e. The van der Waals surface area contributed by atoms with E-state index in [9.17, 15) is 4.79 Å². The van der Waals surface area contributed by atoms with Crippen molar-refractivity contribution in [2.24, 2.45) is 0 Å².